The molecule has 0 atom stereocenters. The quantitative estimate of drug-likeness (QED) is 0.268. The molecule has 0 bridgehead atoms. The van der Waals surface area contributed by atoms with Gasteiger partial charge in [0.2, 0.25) is 0 Å². The van der Waals surface area contributed by atoms with E-state index >= 15 is 0 Å². The zero-order chi connectivity index (χ0) is 25.4. The molecule has 0 unspecified atom stereocenters. The molecule has 0 spiro atoms. The van der Waals surface area contributed by atoms with Crippen molar-refractivity contribution < 1.29 is 13.6 Å². The third-order valence-corrected chi connectivity index (χ3v) is 7.28. The smallest absolute Gasteiger partial charge is 0.271 e. The van der Waals surface area contributed by atoms with E-state index in [-0.39, 0.29) is 11.7 Å². The van der Waals surface area contributed by atoms with Crippen LogP contribution in [0.5, 0.6) is 0 Å². The van der Waals surface area contributed by atoms with Crippen LogP contribution >= 0.6 is 11.8 Å². The topological polar surface area (TPSA) is 45.8 Å². The summed E-state index contributed by atoms with van der Waals surface area (Å²) in [7, 11) is 0. The minimum absolute atomic E-state index is 0.185. The van der Waals surface area contributed by atoms with Crippen LogP contribution in [0.15, 0.2) is 87.1 Å². The number of rotatable bonds is 4. The second kappa shape index (κ2) is 9.63. The highest BCUT2D eigenvalue weighted by Gasteiger charge is 2.35. The lowest BCUT2D eigenvalue weighted by atomic mass is 10.1. The summed E-state index contributed by atoms with van der Waals surface area (Å²) in [5.74, 6) is 0.331. The second-order valence-corrected chi connectivity index (χ2v) is 9.87. The summed E-state index contributed by atoms with van der Waals surface area (Å²) >= 11 is 1.29. The number of carbonyl (C=O) groups excluding carboxylic acids is 1. The van der Waals surface area contributed by atoms with Crippen molar-refractivity contribution in [2.24, 2.45) is 4.99 Å². The summed E-state index contributed by atoms with van der Waals surface area (Å²) in [4.78, 5) is 20.6. The number of nitrogens with zero attached hydrogens (tertiary/aromatic N) is 2. The Morgan fingerprint density at radius 2 is 1.58 bits per heavy atom. The molecule has 1 fully saturated rings. The second-order valence-electron chi connectivity index (χ2n) is 8.86. The number of aryl methyl sites for hydroxylation is 4. The lowest BCUT2D eigenvalue weighted by Gasteiger charge is -2.17. The van der Waals surface area contributed by atoms with Gasteiger partial charge < -0.3 is 4.42 Å². The summed E-state index contributed by atoms with van der Waals surface area (Å²) in [5, 5.41) is 0.568. The van der Waals surface area contributed by atoms with Crippen LogP contribution in [0.1, 0.15) is 28.0 Å². The number of carbonyl (C=O) groups is 1. The fourth-order valence-corrected chi connectivity index (χ4v) is 4.89. The molecule has 1 aliphatic rings. The molecular weight excluding hydrogens is 471 g/mol. The van der Waals surface area contributed by atoms with Crippen molar-refractivity contribution in [1.82, 2.24) is 0 Å². The van der Waals surface area contributed by atoms with Crippen LogP contribution in [-0.4, -0.2) is 11.1 Å². The summed E-state index contributed by atoms with van der Waals surface area (Å²) in [6.07, 6.45) is 1.69. The standard InChI is InChI=1S/C30H25FN2O2S/c1-18-9-11-22(15-20(18)3)32-30-33(23-12-10-19(2)21(4)16-23)29(34)28(36-30)17-24-13-14-27(35-24)25-7-5-6-8-26(25)31/h5-17H,1-4H3/b28-17+,32-30?. The molecule has 4 nitrogen and oxygen atoms in total. The van der Waals surface area contributed by atoms with Gasteiger partial charge in [-0.25, -0.2) is 9.38 Å². The van der Waals surface area contributed by atoms with Crippen molar-refractivity contribution >= 4 is 40.3 Å². The van der Waals surface area contributed by atoms with E-state index in [0.29, 0.717) is 27.2 Å². The zero-order valence-corrected chi connectivity index (χ0v) is 21.3. The van der Waals surface area contributed by atoms with Gasteiger partial charge in [0.05, 0.1) is 21.8 Å². The van der Waals surface area contributed by atoms with E-state index in [1.165, 1.54) is 23.4 Å². The van der Waals surface area contributed by atoms with E-state index in [1.807, 2.05) is 57.2 Å². The molecule has 2 heterocycles. The molecule has 0 aliphatic carbocycles. The Bertz CT molecular complexity index is 1550. The molecule has 4 aromatic rings. The molecule has 180 valence electrons. The van der Waals surface area contributed by atoms with E-state index in [9.17, 15) is 9.18 Å². The number of halogens is 1. The van der Waals surface area contributed by atoms with Crippen molar-refractivity contribution in [3.63, 3.8) is 0 Å². The Morgan fingerprint density at radius 3 is 2.31 bits per heavy atom. The van der Waals surface area contributed by atoms with Gasteiger partial charge in [0.15, 0.2) is 5.17 Å². The Kier molecular flexibility index (Phi) is 6.37. The lowest BCUT2D eigenvalue weighted by molar-refractivity contribution is -0.113. The van der Waals surface area contributed by atoms with Gasteiger partial charge >= 0.3 is 0 Å². The van der Waals surface area contributed by atoms with Gasteiger partial charge in [-0.05, 0) is 110 Å². The first-order valence-corrected chi connectivity index (χ1v) is 12.4. The predicted octanol–water partition coefficient (Wildman–Crippen LogP) is 8.13. The highest BCUT2D eigenvalue weighted by atomic mass is 32.2. The number of anilines is 1. The van der Waals surface area contributed by atoms with Gasteiger partial charge in [-0.2, -0.15) is 0 Å². The van der Waals surface area contributed by atoms with E-state index in [0.717, 1.165) is 28.1 Å². The molecule has 1 aliphatic heterocycles. The number of hydrogen-bond donors (Lipinski definition) is 0. The number of benzene rings is 3. The lowest BCUT2D eigenvalue weighted by Crippen LogP contribution is -2.28. The molecule has 6 heteroatoms. The summed E-state index contributed by atoms with van der Waals surface area (Å²) in [5.41, 5.74) is 6.48. The third-order valence-electron chi connectivity index (χ3n) is 6.31. The average Bonchev–Trinajstić information content (AvgIpc) is 3.43. The summed E-state index contributed by atoms with van der Waals surface area (Å²) in [6, 6.07) is 21.8. The van der Waals surface area contributed by atoms with Gasteiger partial charge in [-0.15, -0.1) is 0 Å². The van der Waals surface area contributed by atoms with Crippen LogP contribution in [0.4, 0.5) is 15.8 Å². The van der Waals surface area contributed by atoms with Crippen LogP contribution < -0.4 is 4.90 Å². The molecule has 5 rings (SSSR count). The molecule has 0 saturated carbocycles. The summed E-state index contributed by atoms with van der Waals surface area (Å²) in [6.45, 7) is 8.17. The largest absolute Gasteiger partial charge is 0.457 e. The highest BCUT2D eigenvalue weighted by molar-refractivity contribution is 8.19. The number of amides is 1. The number of furan rings is 1. The fourth-order valence-electron chi connectivity index (χ4n) is 3.91. The highest BCUT2D eigenvalue weighted by Crippen LogP contribution is 2.38. The minimum atomic E-state index is -0.360. The average molecular weight is 497 g/mol. The van der Waals surface area contributed by atoms with Crippen LogP contribution in [0, 0.1) is 33.5 Å². The first-order chi connectivity index (χ1) is 17.3. The van der Waals surface area contributed by atoms with Gasteiger partial charge in [0.1, 0.15) is 17.3 Å². The van der Waals surface area contributed by atoms with Crippen LogP contribution in [0.3, 0.4) is 0 Å². The zero-order valence-electron chi connectivity index (χ0n) is 20.5. The maximum Gasteiger partial charge on any atom is 0.271 e. The van der Waals surface area contributed by atoms with Gasteiger partial charge in [0, 0.05) is 6.08 Å². The Labute approximate surface area is 214 Å². The van der Waals surface area contributed by atoms with E-state index in [1.54, 1.807) is 41.3 Å². The van der Waals surface area contributed by atoms with Crippen molar-refractivity contribution in [2.45, 2.75) is 27.7 Å². The first-order valence-electron chi connectivity index (χ1n) is 11.6. The maximum absolute atomic E-state index is 14.2. The van der Waals surface area contributed by atoms with Crippen molar-refractivity contribution in [3.05, 3.63) is 112 Å². The molecule has 1 saturated heterocycles. The Balaban J connectivity index is 1.55. The molecule has 0 radical (unpaired) electrons. The number of hydrogen-bond acceptors (Lipinski definition) is 4. The van der Waals surface area contributed by atoms with Gasteiger partial charge in [0.25, 0.3) is 5.91 Å². The molecule has 1 amide bonds. The van der Waals surface area contributed by atoms with Crippen LogP contribution in [-0.2, 0) is 4.79 Å². The van der Waals surface area contributed by atoms with E-state index in [2.05, 4.69) is 6.92 Å². The monoisotopic (exact) mass is 496 g/mol. The molecule has 1 aromatic heterocycles. The van der Waals surface area contributed by atoms with Crippen LogP contribution in [0.25, 0.3) is 17.4 Å². The SMILES string of the molecule is Cc1ccc(N=C2S/C(=C/c3ccc(-c4ccccc4F)o3)C(=O)N2c2ccc(C)c(C)c2)cc1C. The fraction of sp³-hybridized carbons (Fsp3) is 0.133. The van der Waals surface area contributed by atoms with E-state index in [4.69, 9.17) is 9.41 Å². The van der Waals surface area contributed by atoms with Gasteiger partial charge in [-0.3, -0.25) is 9.69 Å². The number of thioether (sulfide) groups is 1. The number of amidine groups is 1. The molecule has 36 heavy (non-hydrogen) atoms. The summed E-state index contributed by atoms with van der Waals surface area (Å²) < 4.78 is 20.1. The normalized spacial score (nSPS) is 15.9. The van der Waals surface area contributed by atoms with Crippen molar-refractivity contribution in [3.8, 4) is 11.3 Å². The third kappa shape index (κ3) is 4.64. The van der Waals surface area contributed by atoms with Crippen molar-refractivity contribution in [1.29, 1.82) is 0 Å². The predicted molar refractivity (Wildman–Crippen MR) is 146 cm³/mol. The van der Waals surface area contributed by atoms with Gasteiger partial charge in [-0.1, -0.05) is 24.3 Å². The molecule has 3 aromatic carbocycles. The Hall–Kier alpha value is -3.90. The number of aliphatic imine (C=N–C) groups is 1. The first kappa shape index (κ1) is 23.8. The maximum atomic E-state index is 14.2. The van der Waals surface area contributed by atoms with E-state index < -0.39 is 0 Å². The molecular formula is C30H25FN2O2S. The minimum Gasteiger partial charge on any atom is -0.457 e. The molecule has 0 N–H and O–H groups in total. The Morgan fingerprint density at radius 1 is 0.861 bits per heavy atom. The van der Waals surface area contributed by atoms with Crippen LogP contribution in [0.2, 0.25) is 0 Å². The van der Waals surface area contributed by atoms with Crippen molar-refractivity contribution in [2.75, 3.05) is 4.90 Å².